The number of nitrogens with one attached hydrogen (secondary N) is 2. The average Bonchev–Trinajstić information content (AvgIpc) is 2.98. The van der Waals surface area contributed by atoms with E-state index in [2.05, 4.69) is 15.2 Å². The molecule has 1 aromatic rings. The molecule has 7 nitrogen and oxygen atoms in total. The fourth-order valence-corrected chi connectivity index (χ4v) is 6.63. The first kappa shape index (κ1) is 23.3. The summed E-state index contributed by atoms with van der Waals surface area (Å²) in [7, 11) is -3.59. The van der Waals surface area contributed by atoms with Gasteiger partial charge in [-0.15, -0.1) is 0 Å². The second-order valence-electron chi connectivity index (χ2n) is 8.76. The maximum Gasteiger partial charge on any atom is 0.268 e. The van der Waals surface area contributed by atoms with Crippen molar-refractivity contribution in [2.75, 3.05) is 39.3 Å². The summed E-state index contributed by atoms with van der Waals surface area (Å²) in [5.41, 5.74) is 1.45. The Bertz CT molecular complexity index is 803. The molecular weight excluding hydrogens is 400 g/mol. The van der Waals surface area contributed by atoms with Gasteiger partial charge in [0.25, 0.3) is 5.91 Å². The largest absolute Gasteiger partial charge is 0.353 e. The van der Waals surface area contributed by atoms with E-state index in [1.54, 1.807) is 18.2 Å². The molecule has 0 spiro atoms. The lowest BCUT2D eigenvalue weighted by Crippen LogP contribution is -2.32. The predicted molar refractivity (Wildman–Crippen MR) is 119 cm³/mol. The van der Waals surface area contributed by atoms with E-state index in [1.807, 2.05) is 0 Å². The van der Waals surface area contributed by atoms with E-state index in [0.717, 1.165) is 51.7 Å². The molecule has 0 bridgehead atoms. The summed E-state index contributed by atoms with van der Waals surface area (Å²) in [5.74, 6) is -0.219. The van der Waals surface area contributed by atoms with Crippen LogP contribution in [0.3, 0.4) is 0 Å². The summed E-state index contributed by atoms with van der Waals surface area (Å²) in [6, 6.07) is 0. The minimum absolute atomic E-state index is 0.219. The number of sulfonamides is 1. The van der Waals surface area contributed by atoms with Crippen molar-refractivity contribution in [1.29, 1.82) is 0 Å². The highest BCUT2D eigenvalue weighted by Crippen LogP contribution is 2.28. The Morgan fingerprint density at radius 2 is 1.50 bits per heavy atom. The fraction of sp³-hybridized carbons (Fsp3) is 0.773. The van der Waals surface area contributed by atoms with E-state index in [-0.39, 0.29) is 10.8 Å². The SMILES string of the molecule is Cc1[nH]c(C(=O)NCCCN2CCCCCC2)c(C)c1S(=O)(=O)N1CCCCCC1. The molecule has 30 heavy (non-hydrogen) atoms. The monoisotopic (exact) mass is 438 g/mol. The summed E-state index contributed by atoms with van der Waals surface area (Å²) < 4.78 is 28.1. The topological polar surface area (TPSA) is 85.5 Å². The number of hydrogen-bond acceptors (Lipinski definition) is 4. The van der Waals surface area contributed by atoms with Crippen molar-refractivity contribution in [2.24, 2.45) is 0 Å². The van der Waals surface area contributed by atoms with E-state index in [0.29, 0.717) is 36.6 Å². The van der Waals surface area contributed by atoms with Crippen LogP contribution in [0.25, 0.3) is 0 Å². The highest BCUT2D eigenvalue weighted by molar-refractivity contribution is 7.89. The maximum absolute atomic E-state index is 13.2. The first-order valence-corrected chi connectivity index (χ1v) is 13.0. The molecule has 2 aliphatic rings. The molecule has 2 saturated heterocycles. The third-order valence-electron chi connectivity index (χ3n) is 6.39. The third-order valence-corrected chi connectivity index (χ3v) is 8.57. The van der Waals surface area contributed by atoms with E-state index >= 15 is 0 Å². The molecule has 0 atom stereocenters. The summed E-state index contributed by atoms with van der Waals surface area (Å²) >= 11 is 0. The van der Waals surface area contributed by atoms with E-state index < -0.39 is 10.0 Å². The lowest BCUT2D eigenvalue weighted by molar-refractivity contribution is 0.0946. The molecule has 170 valence electrons. The summed E-state index contributed by atoms with van der Waals surface area (Å²) in [6.07, 6.45) is 10.0. The molecule has 0 saturated carbocycles. The molecule has 2 N–H and O–H groups in total. The summed E-state index contributed by atoms with van der Waals surface area (Å²) in [5, 5.41) is 2.97. The van der Waals surface area contributed by atoms with Crippen LogP contribution in [0.15, 0.2) is 4.90 Å². The van der Waals surface area contributed by atoms with Crippen molar-refractivity contribution in [3.05, 3.63) is 17.0 Å². The number of rotatable bonds is 7. The van der Waals surface area contributed by atoms with Crippen LogP contribution in [-0.4, -0.2) is 67.8 Å². The molecule has 2 aliphatic heterocycles. The minimum Gasteiger partial charge on any atom is -0.353 e. The average molecular weight is 439 g/mol. The van der Waals surface area contributed by atoms with Crippen LogP contribution < -0.4 is 5.32 Å². The Balaban J connectivity index is 1.60. The highest BCUT2D eigenvalue weighted by atomic mass is 32.2. The normalized spacial score (nSPS) is 19.9. The van der Waals surface area contributed by atoms with E-state index in [1.165, 1.54) is 25.7 Å². The lowest BCUT2D eigenvalue weighted by atomic mass is 10.2. The van der Waals surface area contributed by atoms with Gasteiger partial charge < -0.3 is 15.2 Å². The van der Waals surface area contributed by atoms with E-state index in [4.69, 9.17) is 0 Å². The second-order valence-corrected chi connectivity index (χ2v) is 10.6. The molecule has 2 fully saturated rings. The Labute approximate surface area is 181 Å². The molecule has 3 rings (SSSR count). The first-order valence-electron chi connectivity index (χ1n) is 11.6. The number of carbonyl (C=O) groups excluding carboxylic acids is 1. The standard InChI is InChI=1S/C22H38N4O3S/c1-18-20(22(27)23-12-11-15-25-13-7-3-4-8-14-25)24-19(2)21(18)30(28,29)26-16-9-5-6-10-17-26/h24H,3-17H2,1-2H3,(H,23,27). The number of hydrogen-bond donors (Lipinski definition) is 2. The van der Waals surface area contributed by atoms with Gasteiger partial charge in [0.1, 0.15) is 10.6 Å². The fourth-order valence-electron chi connectivity index (χ4n) is 4.71. The van der Waals surface area contributed by atoms with Crippen LogP contribution in [0.2, 0.25) is 0 Å². The number of nitrogens with zero attached hydrogens (tertiary/aromatic N) is 2. The molecule has 1 aromatic heterocycles. The Hall–Kier alpha value is -1.38. The van der Waals surface area contributed by atoms with Crippen molar-refractivity contribution in [3.8, 4) is 0 Å². The molecule has 1 amide bonds. The molecule has 0 aromatic carbocycles. The number of H-pyrrole nitrogens is 1. The Morgan fingerprint density at radius 3 is 2.10 bits per heavy atom. The van der Waals surface area contributed by atoms with Crippen molar-refractivity contribution in [3.63, 3.8) is 0 Å². The number of carbonyl (C=O) groups is 1. The molecule has 8 heteroatoms. The molecule has 3 heterocycles. The smallest absolute Gasteiger partial charge is 0.268 e. The van der Waals surface area contributed by atoms with Crippen molar-refractivity contribution < 1.29 is 13.2 Å². The highest BCUT2D eigenvalue weighted by Gasteiger charge is 2.31. The van der Waals surface area contributed by atoms with Crippen LogP contribution in [0.1, 0.15) is 79.5 Å². The van der Waals surface area contributed by atoms with Crippen LogP contribution >= 0.6 is 0 Å². The van der Waals surface area contributed by atoms with Gasteiger partial charge in [0, 0.05) is 25.3 Å². The maximum atomic E-state index is 13.2. The number of aromatic nitrogens is 1. The predicted octanol–water partition coefficient (Wildman–Crippen LogP) is 3.19. The van der Waals surface area contributed by atoms with Crippen LogP contribution in [0.4, 0.5) is 0 Å². The van der Waals surface area contributed by atoms with Crippen molar-refractivity contribution >= 4 is 15.9 Å². The second kappa shape index (κ2) is 10.8. The zero-order valence-corrected chi connectivity index (χ0v) is 19.5. The zero-order valence-electron chi connectivity index (χ0n) is 18.6. The zero-order chi connectivity index (χ0) is 21.6. The third kappa shape index (κ3) is 5.65. The quantitative estimate of drug-likeness (QED) is 0.640. The molecule has 0 radical (unpaired) electrons. The Morgan fingerprint density at radius 1 is 0.933 bits per heavy atom. The van der Waals surface area contributed by atoms with Gasteiger partial charge in [0.2, 0.25) is 10.0 Å². The van der Waals surface area contributed by atoms with Crippen LogP contribution in [0.5, 0.6) is 0 Å². The first-order chi connectivity index (χ1) is 14.4. The van der Waals surface area contributed by atoms with Crippen LogP contribution in [0, 0.1) is 13.8 Å². The van der Waals surface area contributed by atoms with Gasteiger partial charge in [-0.1, -0.05) is 25.7 Å². The lowest BCUT2D eigenvalue weighted by Gasteiger charge is -2.20. The van der Waals surface area contributed by atoms with Gasteiger partial charge in [-0.25, -0.2) is 8.42 Å². The van der Waals surface area contributed by atoms with Gasteiger partial charge in [-0.2, -0.15) is 4.31 Å². The van der Waals surface area contributed by atoms with Gasteiger partial charge in [0.15, 0.2) is 0 Å². The summed E-state index contributed by atoms with van der Waals surface area (Å²) in [4.78, 5) is 18.5. The Kier molecular flexibility index (Phi) is 8.36. The van der Waals surface area contributed by atoms with E-state index in [9.17, 15) is 13.2 Å². The molecule has 0 aliphatic carbocycles. The van der Waals surface area contributed by atoms with Gasteiger partial charge in [0.05, 0.1) is 0 Å². The molecular formula is C22H38N4O3S. The number of aromatic amines is 1. The number of amides is 1. The van der Waals surface area contributed by atoms with Crippen molar-refractivity contribution in [2.45, 2.75) is 76.5 Å². The molecule has 0 unspecified atom stereocenters. The number of likely N-dealkylation sites (tertiary alicyclic amines) is 1. The summed E-state index contributed by atoms with van der Waals surface area (Å²) in [6.45, 7) is 8.50. The number of aryl methyl sites for hydroxylation is 1. The van der Waals surface area contributed by atoms with Crippen LogP contribution in [-0.2, 0) is 10.0 Å². The van der Waals surface area contributed by atoms with Crippen molar-refractivity contribution in [1.82, 2.24) is 19.5 Å². The van der Waals surface area contributed by atoms with Gasteiger partial charge >= 0.3 is 0 Å². The van der Waals surface area contributed by atoms with Gasteiger partial charge in [-0.05, 0) is 71.1 Å². The van der Waals surface area contributed by atoms with Gasteiger partial charge in [-0.3, -0.25) is 4.79 Å². The minimum atomic E-state index is -3.59.